The van der Waals surface area contributed by atoms with Crippen LogP contribution in [0.3, 0.4) is 0 Å². The highest BCUT2D eigenvalue weighted by molar-refractivity contribution is 9.10. The summed E-state index contributed by atoms with van der Waals surface area (Å²) < 4.78 is 28.5. The molecule has 6 heteroatoms. The second-order valence-corrected chi connectivity index (χ2v) is 8.79. The number of sulfonamides is 1. The van der Waals surface area contributed by atoms with Gasteiger partial charge < -0.3 is 5.32 Å². The molecule has 1 aromatic carbocycles. The van der Waals surface area contributed by atoms with Gasteiger partial charge in [0.05, 0.1) is 4.90 Å². The summed E-state index contributed by atoms with van der Waals surface area (Å²) in [5.41, 5.74) is 0.810. The molecule has 1 unspecified atom stereocenters. The Morgan fingerprint density at radius 1 is 1.29 bits per heavy atom. The maximum atomic E-state index is 12.6. The van der Waals surface area contributed by atoms with Gasteiger partial charge in [-0.15, -0.1) is 0 Å². The van der Waals surface area contributed by atoms with E-state index in [1.807, 2.05) is 40.7 Å². The van der Waals surface area contributed by atoms with Crippen LogP contribution in [0.1, 0.15) is 40.2 Å². The first kappa shape index (κ1) is 18.6. The average Bonchev–Trinajstić information content (AvgIpc) is 2.36. The standard InChI is InChI=1S/C15H25BrN2O2S/c1-6-17-10-12-7-8-13(16)14(9-12)21(19,20)18-11(2)15(3,4)5/h7-9,11,17-18H,6,10H2,1-5H3. The van der Waals surface area contributed by atoms with Gasteiger partial charge >= 0.3 is 0 Å². The van der Waals surface area contributed by atoms with E-state index < -0.39 is 10.0 Å². The minimum Gasteiger partial charge on any atom is -0.313 e. The average molecular weight is 377 g/mol. The van der Waals surface area contributed by atoms with Crippen molar-refractivity contribution in [1.29, 1.82) is 0 Å². The molecule has 0 heterocycles. The van der Waals surface area contributed by atoms with Gasteiger partial charge in [-0.2, -0.15) is 0 Å². The van der Waals surface area contributed by atoms with E-state index in [2.05, 4.69) is 26.0 Å². The van der Waals surface area contributed by atoms with Crippen molar-refractivity contribution >= 4 is 26.0 Å². The molecule has 2 N–H and O–H groups in total. The molecule has 21 heavy (non-hydrogen) atoms. The molecule has 0 amide bonds. The predicted octanol–water partition coefficient (Wildman–Crippen LogP) is 3.27. The van der Waals surface area contributed by atoms with E-state index in [0.717, 1.165) is 12.1 Å². The number of halogens is 1. The van der Waals surface area contributed by atoms with E-state index in [1.165, 1.54) is 0 Å². The SMILES string of the molecule is CCNCc1ccc(Br)c(S(=O)(=O)NC(C)C(C)(C)C)c1. The molecular formula is C15H25BrN2O2S. The van der Waals surface area contributed by atoms with Gasteiger partial charge in [-0.1, -0.05) is 33.8 Å². The zero-order valence-electron chi connectivity index (χ0n) is 13.3. The summed E-state index contributed by atoms with van der Waals surface area (Å²) in [4.78, 5) is 0.286. The quantitative estimate of drug-likeness (QED) is 0.800. The summed E-state index contributed by atoms with van der Waals surface area (Å²) in [6, 6.07) is 5.25. The number of nitrogens with one attached hydrogen (secondary N) is 2. The highest BCUT2D eigenvalue weighted by atomic mass is 79.9. The lowest BCUT2D eigenvalue weighted by Gasteiger charge is -2.28. The molecule has 0 saturated heterocycles. The largest absolute Gasteiger partial charge is 0.313 e. The third-order valence-corrected chi connectivity index (χ3v) is 6.03. The van der Waals surface area contributed by atoms with Gasteiger partial charge in [0.1, 0.15) is 0 Å². The molecule has 1 rings (SSSR count). The van der Waals surface area contributed by atoms with Crippen LogP contribution in [-0.2, 0) is 16.6 Å². The van der Waals surface area contributed by atoms with Crippen LogP contribution in [0.5, 0.6) is 0 Å². The summed E-state index contributed by atoms with van der Waals surface area (Å²) >= 11 is 3.34. The minimum absolute atomic E-state index is 0.138. The van der Waals surface area contributed by atoms with Crippen molar-refractivity contribution in [3.63, 3.8) is 0 Å². The highest BCUT2D eigenvalue weighted by Crippen LogP contribution is 2.26. The highest BCUT2D eigenvalue weighted by Gasteiger charge is 2.27. The van der Waals surface area contributed by atoms with Crippen molar-refractivity contribution < 1.29 is 8.42 Å². The van der Waals surface area contributed by atoms with Gasteiger partial charge in [-0.3, -0.25) is 0 Å². The van der Waals surface area contributed by atoms with Crippen molar-refractivity contribution in [1.82, 2.24) is 10.0 Å². The lowest BCUT2D eigenvalue weighted by Crippen LogP contribution is -2.41. The smallest absolute Gasteiger partial charge is 0.241 e. The maximum Gasteiger partial charge on any atom is 0.241 e. The third kappa shape index (κ3) is 5.36. The van der Waals surface area contributed by atoms with Gasteiger partial charge in [-0.25, -0.2) is 13.1 Å². The van der Waals surface area contributed by atoms with Crippen molar-refractivity contribution in [2.75, 3.05) is 6.54 Å². The van der Waals surface area contributed by atoms with Crippen molar-refractivity contribution in [2.45, 2.75) is 52.1 Å². The summed E-state index contributed by atoms with van der Waals surface area (Å²) in [5, 5.41) is 3.20. The molecule has 0 aliphatic carbocycles. The maximum absolute atomic E-state index is 12.6. The molecule has 0 aromatic heterocycles. The molecule has 0 spiro atoms. The van der Waals surface area contributed by atoms with E-state index in [9.17, 15) is 8.42 Å². The summed E-state index contributed by atoms with van der Waals surface area (Å²) in [5.74, 6) is 0. The van der Waals surface area contributed by atoms with Gasteiger partial charge in [0.2, 0.25) is 10.0 Å². The van der Waals surface area contributed by atoms with Gasteiger partial charge in [0, 0.05) is 17.1 Å². The molecule has 0 bridgehead atoms. The van der Waals surface area contributed by atoms with Crippen molar-refractivity contribution in [3.05, 3.63) is 28.2 Å². The fourth-order valence-electron chi connectivity index (χ4n) is 1.61. The van der Waals surface area contributed by atoms with Crippen LogP contribution in [0.25, 0.3) is 0 Å². The minimum atomic E-state index is -3.55. The summed E-state index contributed by atoms with van der Waals surface area (Å²) in [6.07, 6.45) is 0. The molecule has 1 atom stereocenters. The lowest BCUT2D eigenvalue weighted by atomic mass is 9.89. The Balaban J connectivity index is 3.07. The number of hydrogen-bond acceptors (Lipinski definition) is 3. The topological polar surface area (TPSA) is 58.2 Å². The Morgan fingerprint density at radius 3 is 2.43 bits per heavy atom. The molecule has 0 aliphatic heterocycles. The van der Waals surface area contributed by atoms with Crippen molar-refractivity contribution in [2.24, 2.45) is 5.41 Å². The molecule has 1 aromatic rings. The van der Waals surface area contributed by atoms with E-state index in [1.54, 1.807) is 12.1 Å². The van der Waals surface area contributed by atoms with E-state index in [0.29, 0.717) is 11.0 Å². The fraction of sp³-hybridized carbons (Fsp3) is 0.600. The number of benzene rings is 1. The monoisotopic (exact) mass is 376 g/mol. The second-order valence-electron chi connectivity index (χ2n) is 6.25. The zero-order chi connectivity index (χ0) is 16.3. The lowest BCUT2D eigenvalue weighted by molar-refractivity contribution is 0.317. The first-order chi connectivity index (χ1) is 9.58. The first-order valence-corrected chi connectivity index (χ1v) is 9.37. The Hall–Kier alpha value is -0.430. The molecule has 120 valence electrons. The van der Waals surface area contributed by atoms with Crippen LogP contribution in [-0.4, -0.2) is 21.0 Å². The van der Waals surface area contributed by atoms with Gasteiger partial charge in [0.25, 0.3) is 0 Å². The second kappa shape index (κ2) is 7.22. The normalized spacial score (nSPS) is 14.2. The van der Waals surface area contributed by atoms with Crippen LogP contribution < -0.4 is 10.0 Å². The molecule has 0 radical (unpaired) electrons. The van der Waals surface area contributed by atoms with Crippen molar-refractivity contribution in [3.8, 4) is 0 Å². The Labute approximate surface area is 136 Å². The number of hydrogen-bond donors (Lipinski definition) is 2. The molecule has 0 aliphatic rings. The number of rotatable bonds is 6. The van der Waals surface area contributed by atoms with Crippen LogP contribution >= 0.6 is 15.9 Å². The summed E-state index contributed by atoms with van der Waals surface area (Å²) in [7, 11) is -3.55. The molecule has 0 fully saturated rings. The van der Waals surface area contributed by atoms with Crippen LogP contribution in [0.4, 0.5) is 0 Å². The van der Waals surface area contributed by atoms with Crippen LogP contribution in [0.15, 0.2) is 27.6 Å². The zero-order valence-corrected chi connectivity index (χ0v) is 15.7. The van der Waals surface area contributed by atoms with Gasteiger partial charge in [0.15, 0.2) is 0 Å². The van der Waals surface area contributed by atoms with E-state index in [-0.39, 0.29) is 16.4 Å². The molecule has 4 nitrogen and oxygen atoms in total. The first-order valence-electron chi connectivity index (χ1n) is 7.09. The molecular weight excluding hydrogens is 352 g/mol. The fourth-order valence-corrected chi connectivity index (χ4v) is 4.07. The van der Waals surface area contributed by atoms with Crippen LogP contribution in [0, 0.1) is 5.41 Å². The van der Waals surface area contributed by atoms with E-state index in [4.69, 9.17) is 0 Å². The predicted molar refractivity (Wildman–Crippen MR) is 90.8 cm³/mol. The Morgan fingerprint density at radius 2 is 1.90 bits per heavy atom. The molecule has 0 saturated carbocycles. The Bertz CT molecular complexity index is 580. The van der Waals surface area contributed by atoms with Crippen LogP contribution in [0.2, 0.25) is 0 Å². The van der Waals surface area contributed by atoms with Gasteiger partial charge in [-0.05, 0) is 52.5 Å². The van der Waals surface area contributed by atoms with E-state index >= 15 is 0 Å². The third-order valence-electron chi connectivity index (χ3n) is 3.50. The summed E-state index contributed by atoms with van der Waals surface area (Å²) in [6.45, 7) is 11.4. The Kier molecular flexibility index (Phi) is 6.40.